The van der Waals surface area contributed by atoms with Crippen molar-refractivity contribution in [1.29, 1.82) is 5.41 Å². The summed E-state index contributed by atoms with van der Waals surface area (Å²) in [5.74, 6) is 0.135. The minimum absolute atomic E-state index is 0.106. The van der Waals surface area contributed by atoms with Gasteiger partial charge in [-0.15, -0.1) is 5.10 Å². The number of halogens is 1. The average molecular weight is 263 g/mol. The number of hydrogen-bond acceptors (Lipinski definition) is 4. The second-order valence-corrected chi connectivity index (χ2v) is 4.02. The monoisotopic (exact) mass is 262 g/mol. The second kappa shape index (κ2) is 5.46. The highest BCUT2D eigenvalue weighted by molar-refractivity contribution is 6.30. The number of nitrogens with one attached hydrogen (secondary N) is 1. The van der Waals surface area contributed by atoms with Crippen LogP contribution >= 0.6 is 11.6 Å². The van der Waals surface area contributed by atoms with Crippen molar-refractivity contribution in [1.82, 2.24) is 10.2 Å². The highest BCUT2D eigenvalue weighted by atomic mass is 35.5. The molecule has 0 radical (unpaired) electrons. The molecule has 0 aliphatic carbocycles. The van der Waals surface area contributed by atoms with Crippen molar-refractivity contribution < 1.29 is 4.74 Å². The molecule has 2 rings (SSSR count). The fraction of sp³-hybridized carbons (Fsp3) is 0.0833. The first-order chi connectivity index (χ1) is 8.66. The number of benzene rings is 1. The summed E-state index contributed by atoms with van der Waals surface area (Å²) in [6.45, 7) is 0.291. The van der Waals surface area contributed by atoms with Gasteiger partial charge in [-0.2, -0.15) is 5.10 Å². The standard InChI is InChI=1S/C12H11ClN4O/c13-9-3-1-2-8(6-9)7-18-12-10(11(14)15)4-5-16-17-12/h1-6H,7H2,(H3,14,15). The topological polar surface area (TPSA) is 84.9 Å². The molecule has 92 valence electrons. The van der Waals surface area contributed by atoms with Gasteiger partial charge in [-0.25, -0.2) is 0 Å². The third-order valence-corrected chi connectivity index (χ3v) is 2.48. The van der Waals surface area contributed by atoms with Gasteiger partial charge in [0, 0.05) is 5.02 Å². The maximum Gasteiger partial charge on any atom is 0.244 e. The lowest BCUT2D eigenvalue weighted by Crippen LogP contribution is -2.14. The van der Waals surface area contributed by atoms with Crippen molar-refractivity contribution in [2.45, 2.75) is 6.61 Å². The van der Waals surface area contributed by atoms with Crippen LogP contribution in [0.1, 0.15) is 11.1 Å². The van der Waals surface area contributed by atoms with Crippen molar-refractivity contribution in [2.24, 2.45) is 5.73 Å². The molecule has 0 saturated carbocycles. The van der Waals surface area contributed by atoms with E-state index < -0.39 is 0 Å². The van der Waals surface area contributed by atoms with E-state index in [1.54, 1.807) is 18.2 Å². The quantitative estimate of drug-likeness (QED) is 0.652. The SMILES string of the molecule is N=C(N)c1ccnnc1OCc1cccc(Cl)c1. The number of aromatic nitrogens is 2. The zero-order chi connectivity index (χ0) is 13.0. The van der Waals surface area contributed by atoms with Crippen molar-refractivity contribution in [2.75, 3.05) is 0 Å². The van der Waals surface area contributed by atoms with Crippen LogP contribution in [0.15, 0.2) is 36.5 Å². The van der Waals surface area contributed by atoms with Gasteiger partial charge in [0.25, 0.3) is 0 Å². The van der Waals surface area contributed by atoms with Crippen molar-refractivity contribution >= 4 is 17.4 Å². The number of ether oxygens (including phenoxy) is 1. The smallest absolute Gasteiger partial charge is 0.244 e. The minimum atomic E-state index is -0.106. The normalized spacial score (nSPS) is 10.1. The lowest BCUT2D eigenvalue weighted by atomic mass is 10.2. The van der Waals surface area contributed by atoms with Crippen LogP contribution in [0.5, 0.6) is 5.88 Å². The molecule has 6 heteroatoms. The van der Waals surface area contributed by atoms with Gasteiger partial charge in [0.15, 0.2) is 0 Å². The molecule has 0 aliphatic heterocycles. The van der Waals surface area contributed by atoms with Gasteiger partial charge >= 0.3 is 0 Å². The largest absolute Gasteiger partial charge is 0.471 e. The summed E-state index contributed by atoms with van der Waals surface area (Å²) in [6.07, 6.45) is 1.46. The van der Waals surface area contributed by atoms with Gasteiger partial charge in [0.05, 0.1) is 11.8 Å². The molecule has 0 unspecified atom stereocenters. The van der Waals surface area contributed by atoms with E-state index in [4.69, 9.17) is 27.5 Å². The number of hydrogen-bond donors (Lipinski definition) is 2. The van der Waals surface area contributed by atoms with Gasteiger partial charge in [-0.1, -0.05) is 23.7 Å². The molecule has 0 atom stereocenters. The first-order valence-electron chi connectivity index (χ1n) is 5.20. The van der Waals surface area contributed by atoms with E-state index in [1.165, 1.54) is 6.20 Å². The minimum Gasteiger partial charge on any atom is -0.471 e. The van der Waals surface area contributed by atoms with Crippen LogP contribution in [0, 0.1) is 5.41 Å². The molecular formula is C12H11ClN4O. The Hall–Kier alpha value is -2.14. The lowest BCUT2D eigenvalue weighted by molar-refractivity contribution is 0.289. The maximum absolute atomic E-state index is 7.40. The first kappa shape index (κ1) is 12.3. The van der Waals surface area contributed by atoms with E-state index in [-0.39, 0.29) is 11.7 Å². The summed E-state index contributed by atoms with van der Waals surface area (Å²) in [4.78, 5) is 0. The molecule has 1 aromatic carbocycles. The van der Waals surface area contributed by atoms with Crippen LogP contribution in [-0.2, 0) is 6.61 Å². The molecule has 0 aliphatic rings. The maximum atomic E-state index is 7.40. The number of nitrogens with two attached hydrogens (primary N) is 1. The highest BCUT2D eigenvalue weighted by Crippen LogP contribution is 2.16. The van der Waals surface area contributed by atoms with E-state index in [2.05, 4.69) is 10.2 Å². The molecule has 1 aromatic heterocycles. The zero-order valence-electron chi connectivity index (χ0n) is 9.43. The average Bonchev–Trinajstić information content (AvgIpc) is 2.37. The van der Waals surface area contributed by atoms with Gasteiger partial charge in [-0.3, -0.25) is 5.41 Å². The molecule has 2 aromatic rings. The summed E-state index contributed by atoms with van der Waals surface area (Å²) < 4.78 is 5.49. The van der Waals surface area contributed by atoms with Crippen LogP contribution in [0.25, 0.3) is 0 Å². The molecule has 18 heavy (non-hydrogen) atoms. The Morgan fingerprint density at radius 1 is 1.39 bits per heavy atom. The molecule has 5 nitrogen and oxygen atoms in total. The van der Waals surface area contributed by atoms with Crippen molar-refractivity contribution in [3.05, 3.63) is 52.7 Å². The molecule has 0 spiro atoms. The van der Waals surface area contributed by atoms with E-state index in [1.807, 2.05) is 12.1 Å². The predicted octanol–water partition coefficient (Wildman–Crippen LogP) is 1.99. The first-order valence-corrected chi connectivity index (χ1v) is 5.58. The fourth-order valence-electron chi connectivity index (χ4n) is 1.41. The number of amidine groups is 1. The Kier molecular flexibility index (Phi) is 3.74. The Labute approximate surface area is 109 Å². The summed E-state index contributed by atoms with van der Waals surface area (Å²) in [5, 5.41) is 15.6. The zero-order valence-corrected chi connectivity index (χ0v) is 10.2. The van der Waals surface area contributed by atoms with Gasteiger partial charge in [0.1, 0.15) is 12.4 Å². The molecule has 3 N–H and O–H groups in total. The van der Waals surface area contributed by atoms with Gasteiger partial charge < -0.3 is 10.5 Å². The molecule has 0 amide bonds. The third-order valence-electron chi connectivity index (χ3n) is 2.24. The molecule has 0 fully saturated rings. The summed E-state index contributed by atoms with van der Waals surface area (Å²) in [5.41, 5.74) is 6.75. The lowest BCUT2D eigenvalue weighted by Gasteiger charge is -2.08. The fourth-order valence-corrected chi connectivity index (χ4v) is 1.62. The Morgan fingerprint density at radius 2 is 2.22 bits per heavy atom. The van der Waals surface area contributed by atoms with Crippen molar-refractivity contribution in [3.63, 3.8) is 0 Å². The Bertz CT molecular complexity index is 574. The van der Waals surface area contributed by atoms with Crippen LogP contribution in [0.4, 0.5) is 0 Å². The Morgan fingerprint density at radius 3 is 2.94 bits per heavy atom. The van der Waals surface area contributed by atoms with Crippen LogP contribution in [-0.4, -0.2) is 16.0 Å². The molecule has 0 bridgehead atoms. The van der Waals surface area contributed by atoms with Gasteiger partial charge in [-0.05, 0) is 23.8 Å². The van der Waals surface area contributed by atoms with Crippen LogP contribution in [0.3, 0.4) is 0 Å². The van der Waals surface area contributed by atoms with Crippen LogP contribution < -0.4 is 10.5 Å². The molecule has 1 heterocycles. The van der Waals surface area contributed by atoms with E-state index in [0.29, 0.717) is 17.2 Å². The van der Waals surface area contributed by atoms with Crippen LogP contribution in [0.2, 0.25) is 5.02 Å². The molecule has 0 saturated heterocycles. The van der Waals surface area contributed by atoms with Crippen molar-refractivity contribution in [3.8, 4) is 5.88 Å². The second-order valence-electron chi connectivity index (χ2n) is 3.58. The van der Waals surface area contributed by atoms with E-state index in [0.717, 1.165) is 5.56 Å². The number of nitrogens with zero attached hydrogens (tertiary/aromatic N) is 2. The summed E-state index contributed by atoms with van der Waals surface area (Å²) in [6, 6.07) is 8.89. The molecular weight excluding hydrogens is 252 g/mol. The van der Waals surface area contributed by atoms with E-state index >= 15 is 0 Å². The predicted molar refractivity (Wildman–Crippen MR) is 68.8 cm³/mol. The number of nitrogen functional groups attached to an aromatic ring is 1. The summed E-state index contributed by atoms with van der Waals surface area (Å²) in [7, 11) is 0. The highest BCUT2D eigenvalue weighted by Gasteiger charge is 2.08. The number of rotatable bonds is 4. The summed E-state index contributed by atoms with van der Waals surface area (Å²) >= 11 is 5.87. The third kappa shape index (κ3) is 2.95. The van der Waals surface area contributed by atoms with E-state index in [9.17, 15) is 0 Å². The Balaban J connectivity index is 2.13. The van der Waals surface area contributed by atoms with Gasteiger partial charge in [0.2, 0.25) is 5.88 Å².